The molecule has 1 saturated heterocycles. The molecule has 1 aliphatic rings. The zero-order chi connectivity index (χ0) is 15.5. The average molecular weight is 292 g/mol. The third-order valence-corrected chi connectivity index (χ3v) is 3.99. The Kier molecular flexibility index (Phi) is 5.00. The van der Waals surface area contributed by atoms with Crippen molar-refractivity contribution < 1.29 is 0 Å². The minimum Gasteiger partial charge on any atom is -0.368 e. The van der Waals surface area contributed by atoms with E-state index in [1.807, 2.05) is 6.07 Å². The normalized spacial score (nSPS) is 20.3. The number of piperidine rings is 1. The SMILES string of the molecule is CN1CCCCC1CNc1cc(NN)nc(C(C)(C)C)n1. The molecule has 1 atom stereocenters. The maximum atomic E-state index is 5.52. The smallest absolute Gasteiger partial charge is 0.145 e. The van der Waals surface area contributed by atoms with E-state index in [9.17, 15) is 0 Å². The molecule has 1 fully saturated rings. The monoisotopic (exact) mass is 292 g/mol. The minimum atomic E-state index is -0.106. The lowest BCUT2D eigenvalue weighted by Crippen LogP contribution is -2.40. The maximum absolute atomic E-state index is 5.52. The Labute approximate surface area is 127 Å². The second-order valence-corrected chi connectivity index (χ2v) is 6.87. The lowest BCUT2D eigenvalue weighted by molar-refractivity contribution is 0.194. The summed E-state index contributed by atoms with van der Waals surface area (Å²) in [6.07, 6.45) is 3.85. The number of hydrazine groups is 1. The predicted octanol–water partition coefficient (Wildman–Crippen LogP) is 1.96. The topological polar surface area (TPSA) is 79.1 Å². The highest BCUT2D eigenvalue weighted by Crippen LogP contribution is 2.22. The molecule has 0 saturated carbocycles. The number of hydrogen-bond acceptors (Lipinski definition) is 6. The van der Waals surface area contributed by atoms with Crippen LogP contribution in [0.3, 0.4) is 0 Å². The van der Waals surface area contributed by atoms with Gasteiger partial charge in [-0.15, -0.1) is 0 Å². The van der Waals surface area contributed by atoms with Crippen molar-refractivity contribution in [3.05, 3.63) is 11.9 Å². The molecule has 21 heavy (non-hydrogen) atoms. The van der Waals surface area contributed by atoms with Crippen molar-refractivity contribution in [1.29, 1.82) is 0 Å². The zero-order valence-corrected chi connectivity index (χ0v) is 13.6. The van der Waals surface area contributed by atoms with E-state index in [1.165, 1.54) is 25.8 Å². The first-order valence-corrected chi connectivity index (χ1v) is 7.70. The van der Waals surface area contributed by atoms with Gasteiger partial charge < -0.3 is 15.6 Å². The Balaban J connectivity index is 2.08. The summed E-state index contributed by atoms with van der Waals surface area (Å²) in [5, 5.41) is 3.44. The Morgan fingerprint density at radius 3 is 2.62 bits per heavy atom. The Bertz CT molecular complexity index is 468. The maximum Gasteiger partial charge on any atom is 0.145 e. The van der Waals surface area contributed by atoms with Gasteiger partial charge in [0.2, 0.25) is 0 Å². The third kappa shape index (κ3) is 4.28. The van der Waals surface area contributed by atoms with Crippen molar-refractivity contribution in [2.24, 2.45) is 5.84 Å². The van der Waals surface area contributed by atoms with Crippen LogP contribution >= 0.6 is 0 Å². The standard InChI is InChI=1S/C15H28N6/c1-15(2,3)14-18-12(9-13(19-14)20-16)17-10-11-7-5-6-8-21(11)4/h9,11H,5-8,10,16H2,1-4H3,(H2,17,18,19,20). The van der Waals surface area contributed by atoms with E-state index >= 15 is 0 Å². The first-order chi connectivity index (χ1) is 9.90. The number of hydrogen-bond donors (Lipinski definition) is 3. The molecule has 6 nitrogen and oxygen atoms in total. The first kappa shape index (κ1) is 16.0. The zero-order valence-electron chi connectivity index (χ0n) is 13.6. The summed E-state index contributed by atoms with van der Waals surface area (Å²) in [5.41, 5.74) is 2.52. The molecule has 1 aliphatic heterocycles. The minimum absolute atomic E-state index is 0.106. The van der Waals surface area contributed by atoms with Crippen LogP contribution in [0.5, 0.6) is 0 Å². The van der Waals surface area contributed by atoms with Gasteiger partial charge in [0.25, 0.3) is 0 Å². The molecule has 0 aromatic carbocycles. The number of likely N-dealkylation sites (N-methyl/N-ethyl adjacent to an activating group) is 1. The molecule has 4 N–H and O–H groups in total. The summed E-state index contributed by atoms with van der Waals surface area (Å²) in [6, 6.07) is 2.43. The molecule has 1 aromatic rings. The van der Waals surface area contributed by atoms with E-state index < -0.39 is 0 Å². The number of nitrogens with one attached hydrogen (secondary N) is 2. The lowest BCUT2D eigenvalue weighted by atomic mass is 9.96. The summed E-state index contributed by atoms with van der Waals surface area (Å²) in [5.74, 6) is 7.79. The van der Waals surface area contributed by atoms with Crippen molar-refractivity contribution in [3.8, 4) is 0 Å². The van der Waals surface area contributed by atoms with Crippen molar-refractivity contribution in [3.63, 3.8) is 0 Å². The fraction of sp³-hybridized carbons (Fsp3) is 0.733. The molecule has 0 amide bonds. The highest BCUT2D eigenvalue weighted by Gasteiger charge is 2.21. The Hall–Kier alpha value is -1.40. The first-order valence-electron chi connectivity index (χ1n) is 7.70. The largest absolute Gasteiger partial charge is 0.368 e. The predicted molar refractivity (Wildman–Crippen MR) is 87.3 cm³/mol. The molecular formula is C15H28N6. The number of nitrogen functional groups attached to an aromatic ring is 1. The van der Waals surface area contributed by atoms with Crippen molar-refractivity contribution >= 4 is 11.6 Å². The molecule has 0 radical (unpaired) electrons. The summed E-state index contributed by atoms with van der Waals surface area (Å²) in [7, 11) is 2.19. The van der Waals surface area contributed by atoms with Crippen LogP contribution < -0.4 is 16.6 Å². The van der Waals surface area contributed by atoms with Crippen LogP contribution in [0.2, 0.25) is 0 Å². The van der Waals surface area contributed by atoms with E-state index in [1.54, 1.807) is 0 Å². The number of nitrogens with two attached hydrogens (primary N) is 1. The van der Waals surface area contributed by atoms with Gasteiger partial charge in [0, 0.05) is 24.1 Å². The van der Waals surface area contributed by atoms with Crippen LogP contribution in [0.1, 0.15) is 45.9 Å². The number of anilines is 2. The van der Waals surface area contributed by atoms with Crippen LogP contribution in [-0.2, 0) is 5.41 Å². The van der Waals surface area contributed by atoms with Gasteiger partial charge in [-0.1, -0.05) is 27.2 Å². The second kappa shape index (κ2) is 6.58. The van der Waals surface area contributed by atoms with Gasteiger partial charge in [0.1, 0.15) is 17.5 Å². The van der Waals surface area contributed by atoms with Gasteiger partial charge in [-0.3, -0.25) is 0 Å². The van der Waals surface area contributed by atoms with Crippen molar-refractivity contribution in [2.75, 3.05) is 30.9 Å². The summed E-state index contributed by atoms with van der Waals surface area (Å²) >= 11 is 0. The number of aromatic nitrogens is 2. The van der Waals surface area contributed by atoms with Gasteiger partial charge in [-0.2, -0.15) is 0 Å². The van der Waals surface area contributed by atoms with E-state index in [0.717, 1.165) is 18.2 Å². The fourth-order valence-electron chi connectivity index (χ4n) is 2.57. The van der Waals surface area contributed by atoms with Gasteiger partial charge in [0.05, 0.1) is 0 Å². The molecule has 0 spiro atoms. The van der Waals surface area contributed by atoms with Crippen LogP contribution in [-0.4, -0.2) is 41.0 Å². The lowest BCUT2D eigenvalue weighted by Gasteiger charge is -2.32. The average Bonchev–Trinajstić information content (AvgIpc) is 2.45. The van der Waals surface area contributed by atoms with Crippen LogP contribution in [0.4, 0.5) is 11.6 Å². The highest BCUT2D eigenvalue weighted by molar-refractivity contribution is 5.47. The van der Waals surface area contributed by atoms with Gasteiger partial charge in [-0.05, 0) is 26.4 Å². The fourth-order valence-corrected chi connectivity index (χ4v) is 2.57. The van der Waals surface area contributed by atoms with Gasteiger partial charge in [-0.25, -0.2) is 15.8 Å². The van der Waals surface area contributed by atoms with Crippen LogP contribution in [0, 0.1) is 0 Å². The Morgan fingerprint density at radius 1 is 1.29 bits per heavy atom. The van der Waals surface area contributed by atoms with E-state index in [4.69, 9.17) is 5.84 Å². The molecule has 1 aromatic heterocycles. The molecule has 0 aliphatic carbocycles. The Morgan fingerprint density at radius 2 is 2.00 bits per heavy atom. The third-order valence-electron chi connectivity index (χ3n) is 3.99. The molecule has 2 rings (SSSR count). The van der Waals surface area contributed by atoms with Gasteiger partial charge >= 0.3 is 0 Å². The molecule has 118 valence electrons. The highest BCUT2D eigenvalue weighted by atomic mass is 15.3. The van der Waals surface area contributed by atoms with E-state index in [-0.39, 0.29) is 5.41 Å². The molecule has 1 unspecified atom stereocenters. The number of nitrogens with zero attached hydrogens (tertiary/aromatic N) is 3. The van der Waals surface area contributed by atoms with Crippen LogP contribution in [0.25, 0.3) is 0 Å². The van der Waals surface area contributed by atoms with E-state index in [0.29, 0.717) is 11.9 Å². The molecular weight excluding hydrogens is 264 g/mol. The molecule has 2 heterocycles. The van der Waals surface area contributed by atoms with Crippen LogP contribution in [0.15, 0.2) is 6.07 Å². The molecule has 6 heteroatoms. The molecule has 0 bridgehead atoms. The summed E-state index contributed by atoms with van der Waals surface area (Å²) < 4.78 is 0. The quantitative estimate of drug-likeness (QED) is 0.581. The summed E-state index contributed by atoms with van der Waals surface area (Å²) in [6.45, 7) is 8.38. The van der Waals surface area contributed by atoms with Crippen molar-refractivity contribution in [1.82, 2.24) is 14.9 Å². The number of rotatable bonds is 4. The summed E-state index contributed by atoms with van der Waals surface area (Å²) in [4.78, 5) is 11.5. The van der Waals surface area contributed by atoms with Crippen molar-refractivity contribution in [2.45, 2.75) is 51.5 Å². The number of likely N-dealkylation sites (tertiary alicyclic amines) is 1. The van der Waals surface area contributed by atoms with E-state index in [2.05, 4.69) is 53.4 Å². The van der Waals surface area contributed by atoms with Gasteiger partial charge in [0.15, 0.2) is 0 Å². The second-order valence-electron chi connectivity index (χ2n) is 6.87.